The number of hydrogen-bond acceptors (Lipinski definition) is 5. The zero-order valence-corrected chi connectivity index (χ0v) is 10.9. The molecule has 2 heterocycles. The predicted molar refractivity (Wildman–Crippen MR) is 70.5 cm³/mol. The van der Waals surface area contributed by atoms with Crippen LogP contribution in [0.25, 0.3) is 0 Å². The molecule has 0 spiro atoms. The lowest BCUT2D eigenvalue weighted by atomic mass is 10.1. The lowest BCUT2D eigenvalue weighted by Gasteiger charge is -2.34. The molecular weight excluding hydrogens is 264 g/mol. The fourth-order valence-electron chi connectivity index (χ4n) is 2.34. The van der Waals surface area contributed by atoms with Crippen LogP contribution in [0.5, 0.6) is 11.5 Å². The molecule has 1 amide bonds. The van der Waals surface area contributed by atoms with Gasteiger partial charge < -0.3 is 19.9 Å². The second-order valence-electron chi connectivity index (χ2n) is 4.64. The summed E-state index contributed by atoms with van der Waals surface area (Å²) in [5, 5.41) is 12.1. The van der Waals surface area contributed by atoms with E-state index in [9.17, 15) is 9.59 Å². The number of hydrogen-bond donors (Lipinski definition) is 2. The highest BCUT2D eigenvalue weighted by molar-refractivity contribution is 6.06. The highest BCUT2D eigenvalue weighted by atomic mass is 16.6. The topological polar surface area (TPSA) is 88.1 Å². The van der Waals surface area contributed by atoms with Gasteiger partial charge in [0.15, 0.2) is 11.5 Å². The normalized spacial score (nSPS) is 18.1. The van der Waals surface area contributed by atoms with E-state index in [-0.39, 0.29) is 12.5 Å². The second kappa shape index (κ2) is 4.59. The van der Waals surface area contributed by atoms with E-state index >= 15 is 0 Å². The lowest BCUT2D eigenvalue weighted by molar-refractivity contribution is -0.139. The van der Waals surface area contributed by atoms with Gasteiger partial charge in [-0.2, -0.15) is 0 Å². The van der Waals surface area contributed by atoms with Crippen molar-refractivity contribution in [2.24, 2.45) is 0 Å². The van der Waals surface area contributed by atoms with Crippen LogP contribution in [0.4, 0.5) is 11.4 Å². The van der Waals surface area contributed by atoms with Gasteiger partial charge in [0.05, 0.1) is 17.9 Å². The number of benzene rings is 1. The first-order valence-corrected chi connectivity index (χ1v) is 6.30. The standard InChI is InChI=1S/C13H14N2O5/c1-7(13(17)18)15-9-5-11-10(19-2-3-20-11)4-8(9)14-6-12(15)16/h4-5,7,14H,2-3,6H2,1H3,(H,17,18). The number of ether oxygens (including phenoxy) is 2. The molecule has 3 rings (SSSR count). The maximum Gasteiger partial charge on any atom is 0.326 e. The van der Waals surface area contributed by atoms with Gasteiger partial charge in [-0.15, -0.1) is 0 Å². The summed E-state index contributed by atoms with van der Waals surface area (Å²) < 4.78 is 10.9. The Balaban J connectivity index is 2.07. The molecule has 0 fully saturated rings. The van der Waals surface area contributed by atoms with E-state index in [1.54, 1.807) is 12.1 Å². The van der Waals surface area contributed by atoms with Gasteiger partial charge in [-0.1, -0.05) is 0 Å². The molecule has 0 saturated heterocycles. The summed E-state index contributed by atoms with van der Waals surface area (Å²) in [5.74, 6) is -0.223. The SMILES string of the molecule is CC(C(=O)O)N1C(=O)CNc2cc3c(cc21)OCCO3. The molecule has 0 aliphatic carbocycles. The van der Waals surface area contributed by atoms with Crippen molar-refractivity contribution in [1.29, 1.82) is 0 Å². The van der Waals surface area contributed by atoms with E-state index in [0.717, 1.165) is 0 Å². The van der Waals surface area contributed by atoms with Crippen LogP contribution in [0.1, 0.15) is 6.92 Å². The van der Waals surface area contributed by atoms with E-state index in [1.807, 2.05) is 0 Å². The van der Waals surface area contributed by atoms with Crippen LogP contribution in [0.15, 0.2) is 12.1 Å². The van der Waals surface area contributed by atoms with Gasteiger partial charge in [0, 0.05) is 12.1 Å². The van der Waals surface area contributed by atoms with Crippen LogP contribution in [-0.2, 0) is 9.59 Å². The molecule has 7 heteroatoms. The molecule has 1 aromatic rings. The molecule has 0 aromatic heterocycles. The zero-order valence-electron chi connectivity index (χ0n) is 10.9. The minimum absolute atomic E-state index is 0.0598. The molecule has 1 atom stereocenters. The van der Waals surface area contributed by atoms with Gasteiger partial charge in [0.2, 0.25) is 5.91 Å². The van der Waals surface area contributed by atoms with Crippen LogP contribution in [-0.4, -0.2) is 42.8 Å². The highest BCUT2D eigenvalue weighted by Crippen LogP contribution is 2.42. The van der Waals surface area contributed by atoms with Gasteiger partial charge in [-0.25, -0.2) is 4.79 Å². The first-order valence-electron chi connectivity index (χ1n) is 6.30. The van der Waals surface area contributed by atoms with E-state index in [0.29, 0.717) is 36.1 Å². The molecule has 2 aliphatic rings. The Kier molecular flexibility index (Phi) is 2.89. The Morgan fingerprint density at radius 2 is 2.00 bits per heavy atom. The fraction of sp³-hybridized carbons (Fsp3) is 0.385. The average Bonchev–Trinajstić information content (AvgIpc) is 2.44. The summed E-state index contributed by atoms with van der Waals surface area (Å²) in [4.78, 5) is 24.4. The molecule has 106 valence electrons. The van der Waals surface area contributed by atoms with Crippen LogP contribution >= 0.6 is 0 Å². The van der Waals surface area contributed by atoms with Crippen molar-refractivity contribution in [2.75, 3.05) is 30.0 Å². The third kappa shape index (κ3) is 1.91. The monoisotopic (exact) mass is 278 g/mol. The van der Waals surface area contributed by atoms with Crippen molar-refractivity contribution in [3.63, 3.8) is 0 Å². The van der Waals surface area contributed by atoms with Gasteiger partial charge >= 0.3 is 5.97 Å². The third-order valence-corrected chi connectivity index (χ3v) is 3.36. The van der Waals surface area contributed by atoms with Crippen LogP contribution < -0.4 is 19.7 Å². The maximum absolute atomic E-state index is 12.0. The van der Waals surface area contributed by atoms with Crippen LogP contribution in [0.2, 0.25) is 0 Å². The molecule has 20 heavy (non-hydrogen) atoms. The number of rotatable bonds is 2. The van der Waals surface area contributed by atoms with Crippen molar-refractivity contribution >= 4 is 23.3 Å². The summed E-state index contributed by atoms with van der Waals surface area (Å²) in [7, 11) is 0. The first-order chi connectivity index (χ1) is 9.58. The largest absolute Gasteiger partial charge is 0.486 e. The maximum atomic E-state index is 12.0. The number of carboxylic acid groups (broad SMARTS) is 1. The molecule has 0 radical (unpaired) electrons. The Bertz CT molecular complexity index is 586. The van der Waals surface area contributed by atoms with Gasteiger partial charge in [-0.3, -0.25) is 9.69 Å². The molecular formula is C13H14N2O5. The van der Waals surface area contributed by atoms with Crippen LogP contribution in [0, 0.1) is 0 Å². The van der Waals surface area contributed by atoms with Gasteiger partial charge in [0.25, 0.3) is 0 Å². The lowest BCUT2D eigenvalue weighted by Crippen LogP contribution is -2.48. The van der Waals surface area contributed by atoms with E-state index in [4.69, 9.17) is 14.6 Å². The Hall–Kier alpha value is -2.44. The molecule has 2 aliphatic heterocycles. The molecule has 1 aromatic carbocycles. The van der Waals surface area contributed by atoms with Crippen molar-refractivity contribution in [3.05, 3.63) is 12.1 Å². The summed E-state index contributed by atoms with van der Waals surface area (Å²) in [5.41, 5.74) is 1.17. The zero-order chi connectivity index (χ0) is 14.3. The van der Waals surface area contributed by atoms with E-state index in [1.165, 1.54) is 11.8 Å². The number of anilines is 2. The smallest absolute Gasteiger partial charge is 0.326 e. The number of carbonyl (C=O) groups is 2. The summed E-state index contributed by atoms with van der Waals surface area (Å²) in [6.07, 6.45) is 0. The minimum atomic E-state index is -1.05. The Labute approximate surface area is 115 Å². The molecule has 0 saturated carbocycles. The number of nitrogens with one attached hydrogen (secondary N) is 1. The highest BCUT2D eigenvalue weighted by Gasteiger charge is 2.33. The first kappa shape index (κ1) is 12.6. The number of fused-ring (bicyclic) bond motifs is 2. The van der Waals surface area contributed by atoms with Crippen LogP contribution in [0.3, 0.4) is 0 Å². The van der Waals surface area contributed by atoms with Crippen molar-refractivity contribution in [2.45, 2.75) is 13.0 Å². The van der Waals surface area contributed by atoms with Crippen molar-refractivity contribution < 1.29 is 24.2 Å². The Morgan fingerprint density at radius 3 is 2.65 bits per heavy atom. The molecule has 2 N–H and O–H groups in total. The third-order valence-electron chi connectivity index (χ3n) is 3.36. The molecule has 1 unspecified atom stereocenters. The molecule has 0 bridgehead atoms. The van der Waals surface area contributed by atoms with Crippen molar-refractivity contribution in [3.8, 4) is 11.5 Å². The summed E-state index contributed by atoms with van der Waals surface area (Å²) >= 11 is 0. The quantitative estimate of drug-likeness (QED) is 0.827. The number of nitrogens with zero attached hydrogens (tertiary/aromatic N) is 1. The van der Waals surface area contributed by atoms with Gasteiger partial charge in [-0.05, 0) is 6.92 Å². The summed E-state index contributed by atoms with van der Waals surface area (Å²) in [6, 6.07) is 2.44. The molecule has 7 nitrogen and oxygen atoms in total. The number of aliphatic carboxylic acids is 1. The van der Waals surface area contributed by atoms with Gasteiger partial charge in [0.1, 0.15) is 19.3 Å². The number of carboxylic acids is 1. The van der Waals surface area contributed by atoms with E-state index < -0.39 is 12.0 Å². The number of carbonyl (C=O) groups excluding carboxylic acids is 1. The second-order valence-corrected chi connectivity index (χ2v) is 4.64. The van der Waals surface area contributed by atoms with E-state index in [2.05, 4.69) is 5.32 Å². The Morgan fingerprint density at radius 1 is 1.35 bits per heavy atom. The summed E-state index contributed by atoms with van der Waals surface area (Å²) in [6.45, 7) is 2.44. The van der Waals surface area contributed by atoms with Crippen molar-refractivity contribution in [1.82, 2.24) is 0 Å². The average molecular weight is 278 g/mol. The predicted octanol–water partition coefficient (Wildman–Crippen LogP) is 0.689. The fourth-order valence-corrected chi connectivity index (χ4v) is 2.34. The number of amides is 1. The minimum Gasteiger partial charge on any atom is -0.486 e.